The summed E-state index contributed by atoms with van der Waals surface area (Å²) in [4.78, 5) is 0. The van der Waals surface area contributed by atoms with Crippen LogP contribution in [0.5, 0.6) is 0 Å². The van der Waals surface area contributed by atoms with Crippen LogP contribution in [0.3, 0.4) is 0 Å². The van der Waals surface area contributed by atoms with Crippen LogP contribution in [-0.2, 0) is 28.6 Å². The summed E-state index contributed by atoms with van der Waals surface area (Å²) in [5.74, 6) is 1.25. The van der Waals surface area contributed by atoms with Gasteiger partial charge in [-0.25, -0.2) is 12.8 Å². The molecular weight excluding hydrogens is 317 g/mol. The van der Waals surface area contributed by atoms with E-state index in [0.717, 1.165) is 17.9 Å². The van der Waals surface area contributed by atoms with Crippen LogP contribution in [-0.4, -0.2) is 14.7 Å². The Morgan fingerprint density at radius 3 is 2.57 bits per heavy atom. The molecule has 0 fully saturated rings. The first-order chi connectivity index (χ1) is 10.8. The van der Waals surface area contributed by atoms with Gasteiger partial charge in [-0.1, -0.05) is 13.0 Å². The quantitative estimate of drug-likeness (QED) is 0.840. The Balaban J connectivity index is 2.11. The van der Waals surface area contributed by atoms with Crippen molar-refractivity contribution in [1.82, 2.24) is 5.32 Å². The first-order valence-electron chi connectivity index (χ1n) is 7.55. The van der Waals surface area contributed by atoms with Crippen LogP contribution in [0.15, 0.2) is 34.7 Å². The normalized spacial score (nSPS) is 13.2. The van der Waals surface area contributed by atoms with Gasteiger partial charge < -0.3 is 9.73 Å². The van der Waals surface area contributed by atoms with Gasteiger partial charge in [-0.2, -0.15) is 0 Å². The Bertz CT molecular complexity index is 768. The molecule has 1 atom stereocenters. The number of rotatable bonds is 7. The van der Waals surface area contributed by atoms with Gasteiger partial charge in [0.2, 0.25) is 0 Å². The first-order valence-corrected chi connectivity index (χ1v) is 9.61. The van der Waals surface area contributed by atoms with Gasteiger partial charge in [0.05, 0.1) is 11.8 Å². The van der Waals surface area contributed by atoms with E-state index in [9.17, 15) is 12.8 Å². The zero-order valence-corrected chi connectivity index (χ0v) is 14.4. The molecule has 0 saturated carbocycles. The van der Waals surface area contributed by atoms with E-state index < -0.39 is 9.84 Å². The number of benzene rings is 1. The molecule has 1 unspecified atom stereocenters. The predicted molar refractivity (Wildman–Crippen MR) is 88.3 cm³/mol. The minimum Gasteiger partial charge on any atom is -0.464 e. The highest BCUT2D eigenvalue weighted by molar-refractivity contribution is 7.89. The molecule has 2 rings (SSSR count). The van der Waals surface area contributed by atoms with Crippen LogP contribution in [0.25, 0.3) is 0 Å². The number of hydrogen-bond acceptors (Lipinski definition) is 4. The van der Waals surface area contributed by atoms with Crippen molar-refractivity contribution in [1.29, 1.82) is 0 Å². The molecule has 0 amide bonds. The highest BCUT2D eigenvalue weighted by Gasteiger charge is 2.13. The van der Waals surface area contributed by atoms with E-state index >= 15 is 0 Å². The Kier molecular flexibility index (Phi) is 5.59. The fraction of sp³-hybridized carbons (Fsp3) is 0.412. The molecule has 4 nitrogen and oxygen atoms in total. The van der Waals surface area contributed by atoms with Gasteiger partial charge in [-0.05, 0) is 42.3 Å². The predicted octanol–water partition coefficient (Wildman–Crippen LogP) is 3.38. The summed E-state index contributed by atoms with van der Waals surface area (Å²) in [6, 6.07) is 7.99. The standard InChI is InChI=1S/C17H22FNO3S/c1-4-16-7-8-17(22-16)12(2)19-10-14-9-15(18)6-5-13(14)11-23(3,20)21/h5-9,12,19H,4,10-11H2,1-3H3. The second kappa shape index (κ2) is 7.27. The van der Waals surface area contributed by atoms with Crippen LogP contribution < -0.4 is 5.32 Å². The zero-order chi connectivity index (χ0) is 17.0. The molecule has 1 heterocycles. The van der Waals surface area contributed by atoms with E-state index in [-0.39, 0.29) is 17.6 Å². The van der Waals surface area contributed by atoms with Crippen molar-refractivity contribution in [2.75, 3.05) is 6.26 Å². The van der Waals surface area contributed by atoms with E-state index in [2.05, 4.69) is 5.32 Å². The Morgan fingerprint density at radius 1 is 1.22 bits per heavy atom. The summed E-state index contributed by atoms with van der Waals surface area (Å²) in [5, 5.41) is 3.25. The maximum absolute atomic E-state index is 13.5. The van der Waals surface area contributed by atoms with Crippen molar-refractivity contribution < 1.29 is 17.2 Å². The molecule has 6 heteroatoms. The summed E-state index contributed by atoms with van der Waals surface area (Å²) in [6.45, 7) is 4.34. The van der Waals surface area contributed by atoms with Crippen molar-refractivity contribution in [3.63, 3.8) is 0 Å². The molecule has 0 bridgehead atoms. The molecule has 0 saturated heterocycles. The topological polar surface area (TPSA) is 59.3 Å². The van der Waals surface area contributed by atoms with Gasteiger partial charge in [0.25, 0.3) is 0 Å². The fourth-order valence-electron chi connectivity index (χ4n) is 2.36. The molecule has 0 spiro atoms. The third-order valence-corrected chi connectivity index (χ3v) is 4.48. The molecule has 1 N–H and O–H groups in total. The molecule has 126 valence electrons. The smallest absolute Gasteiger partial charge is 0.151 e. The van der Waals surface area contributed by atoms with Crippen molar-refractivity contribution in [2.45, 2.75) is 38.6 Å². The number of aryl methyl sites for hydroxylation is 1. The van der Waals surface area contributed by atoms with E-state index in [1.807, 2.05) is 26.0 Å². The van der Waals surface area contributed by atoms with Crippen LogP contribution in [0.4, 0.5) is 4.39 Å². The summed E-state index contributed by atoms with van der Waals surface area (Å²) >= 11 is 0. The number of nitrogens with one attached hydrogen (secondary N) is 1. The largest absolute Gasteiger partial charge is 0.464 e. The van der Waals surface area contributed by atoms with Crippen LogP contribution >= 0.6 is 0 Å². The minimum absolute atomic E-state index is 0.0512. The van der Waals surface area contributed by atoms with E-state index in [4.69, 9.17) is 4.42 Å². The molecule has 0 aliphatic carbocycles. The van der Waals surface area contributed by atoms with Crippen molar-refractivity contribution in [2.24, 2.45) is 0 Å². The maximum Gasteiger partial charge on any atom is 0.151 e. The lowest BCUT2D eigenvalue weighted by Gasteiger charge is -2.14. The molecule has 0 aliphatic heterocycles. The van der Waals surface area contributed by atoms with Crippen molar-refractivity contribution >= 4 is 9.84 Å². The molecule has 1 aromatic carbocycles. The Hall–Kier alpha value is -1.66. The molecule has 2 aromatic rings. The summed E-state index contributed by atoms with van der Waals surface area (Å²) in [6.07, 6.45) is 2.00. The Morgan fingerprint density at radius 2 is 1.96 bits per heavy atom. The third kappa shape index (κ3) is 5.18. The maximum atomic E-state index is 13.5. The second-order valence-corrected chi connectivity index (χ2v) is 7.88. The van der Waals surface area contributed by atoms with Gasteiger partial charge in [0, 0.05) is 19.2 Å². The lowest BCUT2D eigenvalue weighted by atomic mass is 10.1. The highest BCUT2D eigenvalue weighted by atomic mass is 32.2. The van der Waals surface area contributed by atoms with Gasteiger partial charge in [-0.15, -0.1) is 0 Å². The average molecular weight is 339 g/mol. The molecule has 0 aliphatic rings. The molecule has 1 aromatic heterocycles. The van der Waals surface area contributed by atoms with E-state index in [0.29, 0.717) is 17.7 Å². The van der Waals surface area contributed by atoms with Crippen LogP contribution in [0.2, 0.25) is 0 Å². The summed E-state index contributed by atoms with van der Waals surface area (Å²) in [5.41, 5.74) is 1.26. The minimum atomic E-state index is -3.17. The molecule has 23 heavy (non-hydrogen) atoms. The molecule has 0 radical (unpaired) electrons. The van der Waals surface area contributed by atoms with E-state index in [1.54, 1.807) is 0 Å². The molecular formula is C17H22FNO3S. The third-order valence-electron chi connectivity index (χ3n) is 3.64. The van der Waals surface area contributed by atoms with Crippen molar-refractivity contribution in [3.05, 3.63) is 58.8 Å². The number of sulfone groups is 1. The van der Waals surface area contributed by atoms with Gasteiger partial charge in [0.1, 0.15) is 17.3 Å². The average Bonchev–Trinajstić information content (AvgIpc) is 2.95. The van der Waals surface area contributed by atoms with E-state index in [1.165, 1.54) is 24.5 Å². The monoisotopic (exact) mass is 339 g/mol. The second-order valence-electron chi connectivity index (χ2n) is 5.74. The first kappa shape index (κ1) is 17.7. The van der Waals surface area contributed by atoms with Gasteiger partial charge in [-0.3, -0.25) is 0 Å². The summed E-state index contributed by atoms with van der Waals surface area (Å²) in [7, 11) is -3.17. The van der Waals surface area contributed by atoms with Gasteiger partial charge >= 0.3 is 0 Å². The Labute approximate surface area is 136 Å². The lowest BCUT2D eigenvalue weighted by Crippen LogP contribution is -2.19. The SMILES string of the molecule is CCc1ccc(C(C)NCc2cc(F)ccc2CS(C)(=O)=O)o1. The number of furan rings is 1. The fourth-order valence-corrected chi connectivity index (χ4v) is 3.21. The van der Waals surface area contributed by atoms with Gasteiger partial charge in [0.15, 0.2) is 9.84 Å². The lowest BCUT2D eigenvalue weighted by molar-refractivity contribution is 0.408. The van der Waals surface area contributed by atoms with Crippen molar-refractivity contribution in [3.8, 4) is 0 Å². The summed E-state index contributed by atoms with van der Waals surface area (Å²) < 4.78 is 42.2. The highest BCUT2D eigenvalue weighted by Crippen LogP contribution is 2.19. The zero-order valence-electron chi connectivity index (χ0n) is 13.6. The van der Waals surface area contributed by atoms with Crippen LogP contribution in [0.1, 0.15) is 42.5 Å². The number of hydrogen-bond donors (Lipinski definition) is 1. The van der Waals surface area contributed by atoms with Crippen LogP contribution in [0, 0.1) is 5.82 Å². The number of halogens is 1.